The van der Waals surface area contributed by atoms with Gasteiger partial charge in [-0.3, -0.25) is 9.00 Å². The summed E-state index contributed by atoms with van der Waals surface area (Å²) in [7, 11) is -1.30. The predicted octanol–water partition coefficient (Wildman–Crippen LogP) is 0.586. The molecule has 1 aromatic rings. The van der Waals surface area contributed by atoms with Crippen LogP contribution in [0.15, 0.2) is 17.5 Å². The second kappa shape index (κ2) is 6.51. The molecule has 1 aromatic heterocycles. The Bertz CT molecular complexity index is 416. The molecule has 0 spiro atoms. The van der Waals surface area contributed by atoms with Gasteiger partial charge in [0.05, 0.1) is 11.5 Å². The highest BCUT2D eigenvalue weighted by atomic mass is 32.2. The summed E-state index contributed by atoms with van der Waals surface area (Å²) in [6.45, 7) is 1.23. The van der Waals surface area contributed by atoms with Gasteiger partial charge in [0, 0.05) is 22.6 Å². The van der Waals surface area contributed by atoms with Crippen molar-refractivity contribution in [1.29, 1.82) is 0 Å². The van der Waals surface area contributed by atoms with Crippen molar-refractivity contribution in [2.75, 3.05) is 5.75 Å². The molecule has 1 amide bonds. The zero-order chi connectivity index (χ0) is 12.8. The van der Waals surface area contributed by atoms with E-state index in [4.69, 9.17) is 5.11 Å². The van der Waals surface area contributed by atoms with Crippen molar-refractivity contribution >= 4 is 34.0 Å². The van der Waals surface area contributed by atoms with E-state index >= 15 is 0 Å². The largest absolute Gasteiger partial charge is 0.480 e. The van der Waals surface area contributed by atoms with Crippen molar-refractivity contribution in [1.82, 2.24) is 5.32 Å². The highest BCUT2D eigenvalue weighted by Gasteiger charge is 2.21. The lowest BCUT2D eigenvalue weighted by molar-refractivity contribution is -0.140. The number of hydrogen-bond donors (Lipinski definition) is 2. The number of carbonyl (C=O) groups is 2. The standard InChI is InChI=1S/C10H13NO4S2/c1-7(12)11-9(10(13)14)6-17(15)5-8-3-2-4-16-8/h2-4,9H,5-6H2,1H3,(H,11,12)(H,13,14)/t9-,17?/m0/s1. The Labute approximate surface area is 105 Å². The zero-order valence-corrected chi connectivity index (χ0v) is 10.8. The van der Waals surface area contributed by atoms with Gasteiger partial charge in [0.2, 0.25) is 5.91 Å². The third kappa shape index (κ3) is 5.10. The highest BCUT2D eigenvalue weighted by molar-refractivity contribution is 7.84. The number of thiophene rings is 1. The van der Waals surface area contributed by atoms with Crippen LogP contribution in [0.5, 0.6) is 0 Å². The van der Waals surface area contributed by atoms with Crippen LogP contribution >= 0.6 is 11.3 Å². The number of aliphatic carboxylic acids is 1. The normalized spacial score (nSPS) is 13.9. The first-order valence-electron chi connectivity index (χ1n) is 4.86. The summed E-state index contributed by atoms with van der Waals surface area (Å²) in [5.74, 6) is -1.36. The molecule has 0 bridgehead atoms. The Balaban J connectivity index is 2.52. The van der Waals surface area contributed by atoms with Crippen LogP contribution in [0.1, 0.15) is 11.8 Å². The third-order valence-corrected chi connectivity index (χ3v) is 4.31. The Morgan fingerprint density at radius 3 is 2.76 bits per heavy atom. The minimum atomic E-state index is -1.30. The number of carbonyl (C=O) groups excluding carboxylic acids is 1. The summed E-state index contributed by atoms with van der Waals surface area (Å²) >= 11 is 1.47. The Morgan fingerprint density at radius 2 is 2.29 bits per heavy atom. The summed E-state index contributed by atoms with van der Waals surface area (Å²) in [5, 5.41) is 13.0. The topological polar surface area (TPSA) is 83.5 Å². The van der Waals surface area contributed by atoms with Crippen LogP contribution in [-0.4, -0.2) is 33.0 Å². The van der Waals surface area contributed by atoms with Crippen LogP contribution < -0.4 is 5.32 Å². The van der Waals surface area contributed by atoms with Crippen molar-refractivity contribution in [3.63, 3.8) is 0 Å². The first-order chi connectivity index (χ1) is 7.99. The maximum Gasteiger partial charge on any atom is 0.327 e. The van der Waals surface area contributed by atoms with Gasteiger partial charge in [-0.2, -0.15) is 0 Å². The van der Waals surface area contributed by atoms with Crippen LogP contribution in [0.3, 0.4) is 0 Å². The van der Waals surface area contributed by atoms with Gasteiger partial charge in [-0.1, -0.05) is 6.07 Å². The van der Waals surface area contributed by atoms with E-state index in [2.05, 4.69) is 5.32 Å². The average molecular weight is 275 g/mol. The smallest absolute Gasteiger partial charge is 0.327 e. The number of carboxylic acids is 1. The molecule has 7 heteroatoms. The molecule has 0 fully saturated rings. The van der Waals surface area contributed by atoms with Crippen molar-refractivity contribution in [2.24, 2.45) is 0 Å². The second-order valence-corrected chi connectivity index (χ2v) is 5.96. The van der Waals surface area contributed by atoms with Crippen LogP contribution in [0.25, 0.3) is 0 Å². The van der Waals surface area contributed by atoms with Crippen molar-refractivity contribution in [3.8, 4) is 0 Å². The maximum absolute atomic E-state index is 11.7. The number of hydrogen-bond acceptors (Lipinski definition) is 4. The van der Waals surface area contributed by atoms with Gasteiger partial charge >= 0.3 is 5.97 Å². The summed E-state index contributed by atoms with van der Waals surface area (Å²) < 4.78 is 11.7. The van der Waals surface area contributed by atoms with E-state index in [1.165, 1.54) is 18.3 Å². The minimum absolute atomic E-state index is 0.0766. The first kappa shape index (κ1) is 13.9. The molecule has 94 valence electrons. The molecule has 0 aliphatic rings. The zero-order valence-electron chi connectivity index (χ0n) is 9.21. The third-order valence-electron chi connectivity index (χ3n) is 1.91. The molecular weight excluding hydrogens is 262 g/mol. The van der Waals surface area contributed by atoms with Crippen molar-refractivity contribution < 1.29 is 18.9 Å². The Hall–Kier alpha value is -1.21. The summed E-state index contributed by atoms with van der Waals surface area (Å²) in [6.07, 6.45) is 0. The predicted molar refractivity (Wildman–Crippen MR) is 66.3 cm³/mol. The molecule has 0 saturated heterocycles. The molecule has 2 N–H and O–H groups in total. The number of nitrogens with one attached hydrogen (secondary N) is 1. The molecule has 0 saturated carbocycles. The number of rotatable bonds is 6. The van der Waals surface area contributed by atoms with E-state index in [-0.39, 0.29) is 5.75 Å². The molecule has 0 radical (unpaired) electrons. The summed E-state index contributed by atoms with van der Waals surface area (Å²) in [5.41, 5.74) is 0. The molecule has 0 aromatic carbocycles. The lowest BCUT2D eigenvalue weighted by atomic mass is 10.3. The van der Waals surface area contributed by atoms with E-state index in [1.807, 2.05) is 17.5 Å². The molecule has 1 rings (SSSR count). The minimum Gasteiger partial charge on any atom is -0.480 e. The van der Waals surface area contributed by atoms with E-state index in [0.29, 0.717) is 5.75 Å². The molecular formula is C10H13NO4S2. The van der Waals surface area contributed by atoms with Crippen LogP contribution in [0.2, 0.25) is 0 Å². The van der Waals surface area contributed by atoms with Gasteiger partial charge in [-0.25, -0.2) is 4.79 Å². The molecule has 1 heterocycles. The fourth-order valence-electron chi connectivity index (χ4n) is 1.22. The Kier molecular flexibility index (Phi) is 5.30. The van der Waals surface area contributed by atoms with Crippen molar-refractivity contribution in [3.05, 3.63) is 22.4 Å². The lowest BCUT2D eigenvalue weighted by Gasteiger charge is -2.12. The van der Waals surface area contributed by atoms with Crippen LogP contribution in [-0.2, 0) is 26.1 Å². The molecule has 5 nitrogen and oxygen atoms in total. The number of carboxylic acid groups (broad SMARTS) is 1. The second-order valence-electron chi connectivity index (χ2n) is 3.42. The average Bonchev–Trinajstić information content (AvgIpc) is 2.68. The monoisotopic (exact) mass is 275 g/mol. The SMILES string of the molecule is CC(=O)N[C@@H](CS(=O)Cc1cccs1)C(=O)O. The highest BCUT2D eigenvalue weighted by Crippen LogP contribution is 2.11. The van der Waals surface area contributed by atoms with Crippen molar-refractivity contribution in [2.45, 2.75) is 18.7 Å². The Morgan fingerprint density at radius 1 is 1.59 bits per heavy atom. The van der Waals surface area contributed by atoms with Gasteiger partial charge < -0.3 is 10.4 Å². The molecule has 2 atom stereocenters. The maximum atomic E-state index is 11.7. The van der Waals surface area contributed by atoms with Gasteiger partial charge in [-0.05, 0) is 11.4 Å². The molecule has 1 unspecified atom stereocenters. The van der Waals surface area contributed by atoms with E-state index in [1.54, 1.807) is 0 Å². The first-order valence-corrected chi connectivity index (χ1v) is 7.23. The van der Waals surface area contributed by atoms with Gasteiger partial charge in [0.15, 0.2) is 0 Å². The molecule has 0 aliphatic carbocycles. The van der Waals surface area contributed by atoms with E-state index < -0.39 is 28.7 Å². The number of amides is 1. The van der Waals surface area contributed by atoms with E-state index in [9.17, 15) is 13.8 Å². The molecule has 17 heavy (non-hydrogen) atoms. The lowest BCUT2D eigenvalue weighted by Crippen LogP contribution is -2.43. The van der Waals surface area contributed by atoms with Gasteiger partial charge in [-0.15, -0.1) is 11.3 Å². The summed E-state index contributed by atoms with van der Waals surface area (Å²) in [6, 6.07) is 2.60. The van der Waals surface area contributed by atoms with E-state index in [0.717, 1.165) is 4.88 Å². The fraction of sp³-hybridized carbons (Fsp3) is 0.400. The van der Waals surface area contributed by atoms with Gasteiger partial charge in [0.1, 0.15) is 6.04 Å². The quantitative estimate of drug-likeness (QED) is 0.795. The van der Waals surface area contributed by atoms with Crippen LogP contribution in [0, 0.1) is 0 Å². The fourth-order valence-corrected chi connectivity index (χ4v) is 3.50. The van der Waals surface area contributed by atoms with Gasteiger partial charge in [0.25, 0.3) is 0 Å². The summed E-state index contributed by atoms with van der Waals surface area (Å²) in [4.78, 5) is 22.6. The van der Waals surface area contributed by atoms with Crippen LogP contribution in [0.4, 0.5) is 0 Å². The molecule has 0 aliphatic heterocycles.